The molecule has 0 bridgehead atoms. The van der Waals surface area contributed by atoms with Crippen LogP contribution in [0.3, 0.4) is 0 Å². The molecule has 0 aliphatic rings. The second kappa shape index (κ2) is 3.74. The number of nitrogens with two attached hydrogens (primary N) is 1. The fourth-order valence-electron chi connectivity index (χ4n) is 1.25. The van der Waals surface area contributed by atoms with Crippen molar-refractivity contribution in [2.24, 2.45) is 5.73 Å². The van der Waals surface area contributed by atoms with Gasteiger partial charge in [-0.3, -0.25) is 4.57 Å². The van der Waals surface area contributed by atoms with Gasteiger partial charge in [-0.15, -0.1) is 10.2 Å². The zero-order valence-corrected chi connectivity index (χ0v) is 7.69. The Bertz CT molecular complexity index is 481. The molecule has 0 saturated carbocycles. The van der Waals surface area contributed by atoms with Crippen molar-refractivity contribution in [3.8, 4) is 5.69 Å². The summed E-state index contributed by atoms with van der Waals surface area (Å²) in [5.74, 6) is -1.31. The summed E-state index contributed by atoms with van der Waals surface area (Å²) in [5.41, 5.74) is 5.85. The maximum absolute atomic E-state index is 12.9. The van der Waals surface area contributed by atoms with Crippen LogP contribution in [0.15, 0.2) is 24.5 Å². The second-order valence-corrected chi connectivity index (χ2v) is 2.92. The van der Waals surface area contributed by atoms with Crippen LogP contribution in [0.1, 0.15) is 5.82 Å². The molecule has 2 rings (SSSR count). The molecule has 78 valence electrons. The summed E-state index contributed by atoms with van der Waals surface area (Å²) in [6, 6.07) is 3.55. The molecule has 0 saturated heterocycles. The first-order valence-corrected chi connectivity index (χ1v) is 4.27. The zero-order chi connectivity index (χ0) is 10.8. The number of nitrogens with zero attached hydrogens (tertiary/aromatic N) is 3. The van der Waals surface area contributed by atoms with E-state index in [1.54, 1.807) is 0 Å². The predicted octanol–water partition coefficient (Wildman–Crippen LogP) is 1.00. The Hall–Kier alpha value is -1.82. The van der Waals surface area contributed by atoms with E-state index in [4.69, 9.17) is 5.73 Å². The van der Waals surface area contributed by atoms with Gasteiger partial charge in [0.05, 0.1) is 12.2 Å². The summed E-state index contributed by atoms with van der Waals surface area (Å²) in [5, 5.41) is 7.37. The minimum absolute atomic E-state index is 0.180. The molecule has 0 radical (unpaired) electrons. The molecule has 1 heterocycles. The maximum Gasteiger partial charge on any atom is 0.160 e. The molecule has 0 aliphatic carbocycles. The van der Waals surface area contributed by atoms with Crippen molar-refractivity contribution >= 4 is 0 Å². The van der Waals surface area contributed by atoms with Crippen LogP contribution in [0.25, 0.3) is 5.69 Å². The van der Waals surface area contributed by atoms with E-state index in [0.29, 0.717) is 11.5 Å². The molecule has 4 nitrogen and oxygen atoms in total. The van der Waals surface area contributed by atoms with Gasteiger partial charge in [-0.2, -0.15) is 0 Å². The second-order valence-electron chi connectivity index (χ2n) is 2.92. The van der Waals surface area contributed by atoms with Crippen LogP contribution in [0.4, 0.5) is 8.78 Å². The molecule has 0 unspecified atom stereocenters. The number of rotatable bonds is 2. The molecule has 1 aromatic carbocycles. The fraction of sp³-hybridized carbons (Fsp3) is 0.111. The Kier molecular flexibility index (Phi) is 2.42. The molecular weight excluding hydrogens is 202 g/mol. The van der Waals surface area contributed by atoms with Gasteiger partial charge in [-0.05, 0) is 12.1 Å². The molecule has 2 N–H and O–H groups in total. The average Bonchev–Trinajstić information content (AvgIpc) is 2.70. The molecule has 0 atom stereocenters. The van der Waals surface area contributed by atoms with Gasteiger partial charge < -0.3 is 5.73 Å². The lowest BCUT2D eigenvalue weighted by atomic mass is 10.3. The van der Waals surface area contributed by atoms with E-state index < -0.39 is 11.6 Å². The number of hydrogen-bond acceptors (Lipinski definition) is 3. The smallest absolute Gasteiger partial charge is 0.160 e. The summed E-state index contributed by atoms with van der Waals surface area (Å²) in [7, 11) is 0. The van der Waals surface area contributed by atoms with E-state index >= 15 is 0 Å². The van der Waals surface area contributed by atoms with Crippen LogP contribution in [0, 0.1) is 11.6 Å². The van der Waals surface area contributed by atoms with Crippen LogP contribution < -0.4 is 5.73 Å². The highest BCUT2D eigenvalue weighted by atomic mass is 19.2. The van der Waals surface area contributed by atoms with Crippen molar-refractivity contribution in [3.63, 3.8) is 0 Å². The quantitative estimate of drug-likeness (QED) is 0.804. The van der Waals surface area contributed by atoms with Crippen LogP contribution >= 0.6 is 0 Å². The first-order chi connectivity index (χ1) is 7.22. The molecule has 0 fully saturated rings. The van der Waals surface area contributed by atoms with E-state index in [-0.39, 0.29) is 6.54 Å². The van der Waals surface area contributed by atoms with Crippen LogP contribution in [-0.2, 0) is 6.54 Å². The van der Waals surface area contributed by atoms with Gasteiger partial charge in [0.15, 0.2) is 17.5 Å². The van der Waals surface area contributed by atoms with Crippen molar-refractivity contribution < 1.29 is 8.78 Å². The van der Waals surface area contributed by atoms with Crippen molar-refractivity contribution in [2.45, 2.75) is 6.54 Å². The Labute approximate surface area is 84.4 Å². The minimum atomic E-state index is -0.913. The third-order valence-corrected chi connectivity index (χ3v) is 1.98. The van der Waals surface area contributed by atoms with Crippen molar-refractivity contribution in [1.82, 2.24) is 14.8 Å². The standard InChI is InChI=1S/C9H8F2N4/c10-7-2-1-6(3-8(7)11)15-5-13-14-9(15)4-12/h1-3,5H,4,12H2. The zero-order valence-electron chi connectivity index (χ0n) is 7.69. The van der Waals surface area contributed by atoms with Crippen molar-refractivity contribution in [3.05, 3.63) is 42.0 Å². The largest absolute Gasteiger partial charge is 0.324 e. The summed E-state index contributed by atoms with van der Waals surface area (Å²) < 4.78 is 27.1. The SMILES string of the molecule is NCc1nncn1-c1ccc(F)c(F)c1. The Morgan fingerprint density at radius 3 is 2.73 bits per heavy atom. The average molecular weight is 210 g/mol. The molecule has 2 aromatic rings. The van der Waals surface area contributed by atoms with Gasteiger partial charge in [0.25, 0.3) is 0 Å². The lowest BCUT2D eigenvalue weighted by molar-refractivity contribution is 0.508. The summed E-state index contributed by atoms with van der Waals surface area (Å²) in [6.07, 6.45) is 1.40. The molecule has 0 spiro atoms. The first-order valence-electron chi connectivity index (χ1n) is 4.27. The number of hydrogen-bond donors (Lipinski definition) is 1. The molecule has 0 amide bonds. The fourth-order valence-corrected chi connectivity index (χ4v) is 1.25. The number of aromatic nitrogens is 3. The third-order valence-electron chi connectivity index (χ3n) is 1.98. The van der Waals surface area contributed by atoms with Gasteiger partial charge >= 0.3 is 0 Å². The lowest BCUT2D eigenvalue weighted by Gasteiger charge is -2.04. The van der Waals surface area contributed by atoms with Crippen LogP contribution in [-0.4, -0.2) is 14.8 Å². The van der Waals surface area contributed by atoms with Crippen molar-refractivity contribution in [2.75, 3.05) is 0 Å². The third kappa shape index (κ3) is 1.71. The molecule has 6 heteroatoms. The molecular formula is C9H8F2N4. The Morgan fingerprint density at radius 1 is 1.27 bits per heavy atom. The molecule has 0 aliphatic heterocycles. The topological polar surface area (TPSA) is 56.7 Å². The van der Waals surface area contributed by atoms with Gasteiger partial charge in [0.1, 0.15) is 6.33 Å². The van der Waals surface area contributed by atoms with E-state index in [0.717, 1.165) is 12.1 Å². The van der Waals surface area contributed by atoms with E-state index in [1.165, 1.54) is 17.0 Å². The highest BCUT2D eigenvalue weighted by Gasteiger charge is 2.07. The first kappa shape index (κ1) is 9.72. The Balaban J connectivity index is 2.50. The normalized spacial score (nSPS) is 10.6. The van der Waals surface area contributed by atoms with Gasteiger partial charge in [-0.25, -0.2) is 8.78 Å². The van der Waals surface area contributed by atoms with Crippen molar-refractivity contribution in [1.29, 1.82) is 0 Å². The number of halogens is 2. The van der Waals surface area contributed by atoms with Gasteiger partial charge in [-0.1, -0.05) is 0 Å². The van der Waals surface area contributed by atoms with E-state index in [2.05, 4.69) is 10.2 Å². The highest BCUT2D eigenvalue weighted by Crippen LogP contribution is 2.13. The summed E-state index contributed by atoms with van der Waals surface area (Å²) in [6.45, 7) is 0.180. The van der Waals surface area contributed by atoms with Crippen LogP contribution in [0.5, 0.6) is 0 Å². The summed E-state index contributed by atoms with van der Waals surface area (Å²) >= 11 is 0. The summed E-state index contributed by atoms with van der Waals surface area (Å²) in [4.78, 5) is 0. The predicted molar refractivity (Wildman–Crippen MR) is 49.2 cm³/mol. The van der Waals surface area contributed by atoms with E-state index in [9.17, 15) is 8.78 Å². The lowest BCUT2D eigenvalue weighted by Crippen LogP contribution is -2.06. The minimum Gasteiger partial charge on any atom is -0.324 e. The van der Waals surface area contributed by atoms with E-state index in [1.807, 2.05) is 0 Å². The monoisotopic (exact) mass is 210 g/mol. The molecule has 1 aromatic heterocycles. The van der Waals surface area contributed by atoms with Crippen LogP contribution in [0.2, 0.25) is 0 Å². The van der Waals surface area contributed by atoms with Gasteiger partial charge in [0.2, 0.25) is 0 Å². The Morgan fingerprint density at radius 2 is 2.07 bits per heavy atom. The van der Waals surface area contributed by atoms with Gasteiger partial charge in [0, 0.05) is 6.07 Å². The maximum atomic E-state index is 12.9. The molecule has 15 heavy (non-hydrogen) atoms. The number of benzene rings is 1. The highest BCUT2D eigenvalue weighted by molar-refractivity contribution is 5.33.